The van der Waals surface area contributed by atoms with Crippen molar-refractivity contribution in [2.75, 3.05) is 13.2 Å². The van der Waals surface area contributed by atoms with Crippen molar-refractivity contribution in [2.24, 2.45) is 0 Å². The van der Waals surface area contributed by atoms with Crippen molar-refractivity contribution in [3.05, 3.63) is 95.3 Å². The summed E-state index contributed by atoms with van der Waals surface area (Å²) in [5.41, 5.74) is 2.89. The molecule has 0 fully saturated rings. The van der Waals surface area contributed by atoms with Crippen LogP contribution < -0.4 is 10.1 Å². The van der Waals surface area contributed by atoms with Crippen molar-refractivity contribution in [2.45, 2.75) is 38.6 Å². The van der Waals surface area contributed by atoms with E-state index >= 15 is 0 Å². The quantitative estimate of drug-likeness (QED) is 0.244. The maximum atomic E-state index is 12.1. The van der Waals surface area contributed by atoms with Gasteiger partial charge in [-0.05, 0) is 55.7 Å². The number of benzene rings is 3. The predicted octanol–water partition coefficient (Wildman–Crippen LogP) is 6.30. The van der Waals surface area contributed by atoms with Gasteiger partial charge in [-0.15, -0.1) is 0 Å². The number of aryl methyl sites for hydroxylation is 2. The molecule has 0 radical (unpaired) electrons. The van der Waals surface area contributed by atoms with E-state index in [1.165, 1.54) is 0 Å². The Morgan fingerprint density at radius 3 is 2.50 bits per heavy atom. The summed E-state index contributed by atoms with van der Waals surface area (Å²) < 4.78 is 8.17. The number of ether oxygens (including phenoxy) is 1. The van der Waals surface area contributed by atoms with E-state index in [1.807, 2.05) is 60.7 Å². The van der Waals surface area contributed by atoms with E-state index in [-0.39, 0.29) is 5.91 Å². The molecule has 1 N–H and O–H groups in total. The van der Waals surface area contributed by atoms with Gasteiger partial charge >= 0.3 is 0 Å². The average molecular weight is 476 g/mol. The molecule has 0 bridgehead atoms. The lowest BCUT2D eigenvalue weighted by Gasteiger charge is -2.11. The zero-order valence-corrected chi connectivity index (χ0v) is 20.0. The van der Waals surface area contributed by atoms with Crippen LogP contribution >= 0.6 is 11.6 Å². The summed E-state index contributed by atoms with van der Waals surface area (Å²) in [5.74, 6) is 1.81. The third-order valence-corrected chi connectivity index (χ3v) is 6.06. The fourth-order valence-corrected chi connectivity index (χ4v) is 4.20. The van der Waals surface area contributed by atoms with Gasteiger partial charge in [-0.25, -0.2) is 4.98 Å². The van der Waals surface area contributed by atoms with E-state index in [4.69, 9.17) is 21.3 Å². The average Bonchev–Trinajstić information content (AvgIpc) is 3.22. The Bertz CT molecular complexity index is 1210. The first-order valence-corrected chi connectivity index (χ1v) is 12.2. The zero-order chi connectivity index (χ0) is 23.6. The van der Waals surface area contributed by atoms with Gasteiger partial charge in [0.15, 0.2) is 0 Å². The molecule has 0 aliphatic carbocycles. The molecule has 0 spiro atoms. The number of para-hydroxylation sites is 3. The number of fused-ring (bicyclic) bond motifs is 1. The molecule has 1 heterocycles. The molecule has 0 atom stereocenters. The van der Waals surface area contributed by atoms with E-state index in [0.717, 1.165) is 61.3 Å². The number of unbranched alkanes of at least 4 members (excludes halogenated alkanes) is 2. The van der Waals surface area contributed by atoms with Crippen molar-refractivity contribution < 1.29 is 9.53 Å². The lowest BCUT2D eigenvalue weighted by atomic mass is 10.1. The van der Waals surface area contributed by atoms with Crippen LogP contribution in [0.1, 0.15) is 41.9 Å². The van der Waals surface area contributed by atoms with Crippen LogP contribution in [0.25, 0.3) is 11.0 Å². The Morgan fingerprint density at radius 1 is 0.882 bits per heavy atom. The van der Waals surface area contributed by atoms with Crippen LogP contribution in [0.4, 0.5) is 0 Å². The SMILES string of the molecule is O=C(NCCCCCc1nc2ccccc2n1CCCOc1ccccc1Cl)c1ccccc1. The van der Waals surface area contributed by atoms with E-state index in [0.29, 0.717) is 23.7 Å². The zero-order valence-electron chi connectivity index (χ0n) is 19.3. The topological polar surface area (TPSA) is 56.2 Å². The van der Waals surface area contributed by atoms with Gasteiger partial charge in [0, 0.05) is 25.1 Å². The molecule has 6 heteroatoms. The Hall–Kier alpha value is -3.31. The molecule has 0 saturated heterocycles. The van der Waals surface area contributed by atoms with Crippen molar-refractivity contribution in [3.8, 4) is 5.75 Å². The molecule has 0 unspecified atom stereocenters. The first-order chi connectivity index (χ1) is 16.7. The summed E-state index contributed by atoms with van der Waals surface area (Å²) >= 11 is 6.18. The lowest BCUT2D eigenvalue weighted by Crippen LogP contribution is -2.24. The number of hydrogen-bond donors (Lipinski definition) is 1. The fraction of sp³-hybridized carbons (Fsp3) is 0.286. The van der Waals surface area contributed by atoms with E-state index in [9.17, 15) is 4.79 Å². The molecule has 0 aliphatic heterocycles. The molecule has 5 nitrogen and oxygen atoms in total. The number of carbonyl (C=O) groups is 1. The van der Waals surface area contributed by atoms with Crippen LogP contribution in [-0.2, 0) is 13.0 Å². The van der Waals surface area contributed by atoms with Gasteiger partial charge in [0.1, 0.15) is 11.6 Å². The maximum absolute atomic E-state index is 12.1. The van der Waals surface area contributed by atoms with Gasteiger partial charge in [-0.3, -0.25) is 4.79 Å². The van der Waals surface area contributed by atoms with Crippen molar-refractivity contribution in [1.82, 2.24) is 14.9 Å². The second kappa shape index (κ2) is 12.2. The minimum atomic E-state index is -0.0126. The van der Waals surface area contributed by atoms with Crippen LogP contribution in [0, 0.1) is 0 Å². The molecule has 1 aromatic heterocycles. The molecular weight excluding hydrogens is 446 g/mol. The number of amides is 1. The third kappa shape index (κ3) is 6.39. The fourth-order valence-electron chi connectivity index (χ4n) is 4.01. The molecule has 4 aromatic rings. The van der Waals surface area contributed by atoms with E-state index in [2.05, 4.69) is 28.1 Å². The number of aromatic nitrogens is 2. The van der Waals surface area contributed by atoms with E-state index < -0.39 is 0 Å². The molecule has 1 amide bonds. The molecular formula is C28H30ClN3O2. The minimum absolute atomic E-state index is 0.0126. The first kappa shape index (κ1) is 23.8. The highest BCUT2D eigenvalue weighted by Crippen LogP contribution is 2.23. The van der Waals surface area contributed by atoms with Crippen molar-refractivity contribution in [1.29, 1.82) is 0 Å². The highest BCUT2D eigenvalue weighted by molar-refractivity contribution is 6.32. The van der Waals surface area contributed by atoms with Gasteiger partial charge in [0.05, 0.1) is 22.7 Å². The van der Waals surface area contributed by atoms with Crippen LogP contribution in [0.15, 0.2) is 78.9 Å². The Balaban J connectivity index is 1.25. The van der Waals surface area contributed by atoms with Crippen molar-refractivity contribution in [3.63, 3.8) is 0 Å². The Labute approximate surface area is 205 Å². The summed E-state index contributed by atoms with van der Waals surface area (Å²) in [5, 5.41) is 3.63. The number of rotatable bonds is 12. The second-order valence-electron chi connectivity index (χ2n) is 8.23. The summed E-state index contributed by atoms with van der Waals surface area (Å²) in [7, 11) is 0. The summed E-state index contributed by atoms with van der Waals surface area (Å²) in [4.78, 5) is 17.0. The van der Waals surface area contributed by atoms with Crippen LogP contribution in [-0.4, -0.2) is 28.6 Å². The van der Waals surface area contributed by atoms with Gasteiger partial charge in [0.2, 0.25) is 0 Å². The van der Waals surface area contributed by atoms with Crippen LogP contribution in [0.3, 0.4) is 0 Å². The number of halogens is 1. The van der Waals surface area contributed by atoms with Crippen LogP contribution in [0.5, 0.6) is 5.75 Å². The number of hydrogen-bond acceptors (Lipinski definition) is 3. The Kier molecular flexibility index (Phi) is 8.58. The summed E-state index contributed by atoms with van der Waals surface area (Å²) in [6.45, 7) is 2.12. The lowest BCUT2D eigenvalue weighted by molar-refractivity contribution is 0.0953. The Morgan fingerprint density at radius 2 is 1.65 bits per heavy atom. The normalized spacial score (nSPS) is 11.0. The minimum Gasteiger partial charge on any atom is -0.492 e. The van der Waals surface area contributed by atoms with Gasteiger partial charge in [-0.1, -0.05) is 60.5 Å². The third-order valence-electron chi connectivity index (χ3n) is 5.75. The van der Waals surface area contributed by atoms with Crippen LogP contribution in [0.2, 0.25) is 5.02 Å². The predicted molar refractivity (Wildman–Crippen MR) is 138 cm³/mol. The molecule has 3 aromatic carbocycles. The monoisotopic (exact) mass is 475 g/mol. The summed E-state index contributed by atoms with van der Waals surface area (Å²) in [6.07, 6.45) is 4.79. The smallest absolute Gasteiger partial charge is 0.251 e. The maximum Gasteiger partial charge on any atom is 0.251 e. The number of carbonyl (C=O) groups excluding carboxylic acids is 1. The molecule has 176 valence electrons. The highest BCUT2D eigenvalue weighted by Gasteiger charge is 2.10. The van der Waals surface area contributed by atoms with Gasteiger partial charge in [0.25, 0.3) is 5.91 Å². The number of nitrogens with zero attached hydrogens (tertiary/aromatic N) is 2. The number of imidazole rings is 1. The highest BCUT2D eigenvalue weighted by atomic mass is 35.5. The standard InChI is InChI=1S/C28H30ClN3O2/c29-23-14-6-9-17-26(23)34-21-11-20-32-25-16-8-7-15-24(25)31-27(32)18-5-2-10-19-30-28(33)22-12-3-1-4-13-22/h1,3-4,6-9,12-17H,2,5,10-11,18-21H2,(H,30,33). The molecule has 34 heavy (non-hydrogen) atoms. The molecule has 0 saturated carbocycles. The first-order valence-electron chi connectivity index (χ1n) is 11.9. The second-order valence-corrected chi connectivity index (χ2v) is 8.64. The van der Waals surface area contributed by atoms with E-state index in [1.54, 1.807) is 0 Å². The van der Waals surface area contributed by atoms with Gasteiger partial charge in [-0.2, -0.15) is 0 Å². The molecule has 0 aliphatic rings. The molecule has 4 rings (SSSR count). The summed E-state index contributed by atoms with van der Waals surface area (Å²) in [6, 6.07) is 25.2. The number of nitrogens with one attached hydrogen (secondary N) is 1. The largest absolute Gasteiger partial charge is 0.492 e. The van der Waals surface area contributed by atoms with Crippen molar-refractivity contribution >= 4 is 28.5 Å². The van der Waals surface area contributed by atoms with Gasteiger partial charge < -0.3 is 14.6 Å².